The number of anilines is 2. The highest BCUT2D eigenvalue weighted by molar-refractivity contribution is 6.34. The van der Waals surface area contributed by atoms with Crippen LogP contribution in [0.4, 0.5) is 11.4 Å². The van der Waals surface area contributed by atoms with Gasteiger partial charge in [0.05, 0.1) is 27.9 Å². The Morgan fingerprint density at radius 1 is 1.06 bits per heavy atom. The van der Waals surface area contributed by atoms with Crippen molar-refractivity contribution in [3.05, 3.63) is 92.5 Å². The van der Waals surface area contributed by atoms with Crippen molar-refractivity contribution >= 4 is 46.5 Å². The number of benzene rings is 3. The van der Waals surface area contributed by atoms with Crippen molar-refractivity contribution in [2.75, 3.05) is 4.90 Å². The first-order chi connectivity index (χ1) is 15.4. The Morgan fingerprint density at radius 3 is 2.50 bits per heavy atom. The number of hydrogen-bond acceptors (Lipinski definition) is 2. The summed E-state index contributed by atoms with van der Waals surface area (Å²) in [5, 5.41) is 10.1. The molecule has 1 aliphatic carbocycles. The van der Waals surface area contributed by atoms with E-state index in [2.05, 4.69) is 6.07 Å². The van der Waals surface area contributed by atoms with E-state index in [0.29, 0.717) is 23.0 Å². The van der Waals surface area contributed by atoms with Crippen molar-refractivity contribution in [2.24, 2.45) is 0 Å². The molecule has 0 bridgehead atoms. The van der Waals surface area contributed by atoms with Gasteiger partial charge in [0.2, 0.25) is 5.91 Å². The van der Waals surface area contributed by atoms with Crippen molar-refractivity contribution < 1.29 is 14.7 Å². The Morgan fingerprint density at radius 2 is 1.81 bits per heavy atom. The van der Waals surface area contributed by atoms with Gasteiger partial charge in [0, 0.05) is 5.02 Å². The largest absolute Gasteiger partial charge is 0.478 e. The predicted octanol–water partition coefficient (Wildman–Crippen LogP) is 6.88. The Balaban J connectivity index is 1.59. The molecule has 1 atom stereocenters. The lowest BCUT2D eigenvalue weighted by Gasteiger charge is -2.19. The number of amides is 1. The minimum absolute atomic E-state index is 0.00761. The molecule has 162 valence electrons. The molecule has 0 spiro atoms. The highest BCUT2D eigenvalue weighted by Gasteiger charge is 2.40. The average molecular weight is 466 g/mol. The molecule has 0 aromatic heterocycles. The standard InChI is InChI=1S/C26H21Cl2NO3/c1-14-4-2-7-23-24(14)20(13-19-17(15-8-9-15)5-3-6-21(19)27)25(30)29(23)16-10-11-18(26(31)32)22(28)12-16/h2-7,10-12,15,20H,8-9,13H2,1H3,(H,31,32). The highest BCUT2D eigenvalue weighted by Crippen LogP contribution is 2.48. The van der Waals surface area contributed by atoms with Gasteiger partial charge in [0.15, 0.2) is 0 Å². The number of carbonyl (C=O) groups is 2. The highest BCUT2D eigenvalue weighted by atomic mass is 35.5. The number of carbonyl (C=O) groups excluding carboxylic acids is 1. The molecule has 1 heterocycles. The summed E-state index contributed by atoms with van der Waals surface area (Å²) >= 11 is 12.8. The summed E-state index contributed by atoms with van der Waals surface area (Å²) in [7, 11) is 0. The number of aryl methyl sites for hydroxylation is 1. The van der Waals surface area contributed by atoms with E-state index in [-0.39, 0.29) is 22.4 Å². The van der Waals surface area contributed by atoms with E-state index in [1.54, 1.807) is 17.0 Å². The van der Waals surface area contributed by atoms with Crippen LogP contribution in [0.3, 0.4) is 0 Å². The molecule has 6 heteroatoms. The zero-order valence-electron chi connectivity index (χ0n) is 17.4. The number of rotatable bonds is 5. The zero-order chi connectivity index (χ0) is 22.6. The Hall–Kier alpha value is -2.82. The fourth-order valence-corrected chi connectivity index (χ4v) is 5.27. The molecule has 3 aromatic carbocycles. The second kappa shape index (κ2) is 7.95. The maximum absolute atomic E-state index is 13.8. The van der Waals surface area contributed by atoms with E-state index in [1.807, 2.05) is 37.3 Å². The number of carboxylic acid groups (broad SMARTS) is 1. The SMILES string of the molecule is Cc1cccc2c1C(Cc1c(Cl)cccc1C1CC1)C(=O)N2c1ccc(C(=O)O)c(Cl)c1. The average Bonchev–Trinajstić information content (AvgIpc) is 3.54. The number of halogens is 2. The van der Waals surface area contributed by atoms with E-state index in [1.165, 1.54) is 11.6 Å². The molecule has 2 aliphatic rings. The number of fused-ring (bicyclic) bond motifs is 1. The van der Waals surface area contributed by atoms with E-state index < -0.39 is 5.97 Å². The molecular formula is C26H21Cl2NO3. The maximum atomic E-state index is 13.8. The first-order valence-corrected chi connectivity index (χ1v) is 11.4. The van der Waals surface area contributed by atoms with E-state index in [9.17, 15) is 14.7 Å². The van der Waals surface area contributed by atoms with Gasteiger partial charge in [-0.15, -0.1) is 0 Å². The van der Waals surface area contributed by atoms with Gasteiger partial charge in [-0.1, -0.05) is 47.5 Å². The van der Waals surface area contributed by atoms with Gasteiger partial charge in [0.25, 0.3) is 0 Å². The molecule has 3 aromatic rings. The summed E-state index contributed by atoms with van der Waals surface area (Å²) in [4.78, 5) is 26.8. The van der Waals surface area contributed by atoms with Crippen molar-refractivity contribution in [2.45, 2.75) is 38.0 Å². The second-order valence-corrected chi connectivity index (χ2v) is 9.30. The maximum Gasteiger partial charge on any atom is 0.337 e. The molecule has 1 unspecified atom stereocenters. The molecule has 1 N–H and O–H groups in total. The normalized spacial score (nSPS) is 17.5. The third-order valence-electron chi connectivity index (χ3n) is 6.43. The lowest BCUT2D eigenvalue weighted by molar-refractivity contribution is -0.118. The molecule has 0 radical (unpaired) electrons. The summed E-state index contributed by atoms with van der Waals surface area (Å²) in [6.45, 7) is 2.01. The first kappa shape index (κ1) is 21.0. The van der Waals surface area contributed by atoms with Crippen LogP contribution in [0.25, 0.3) is 0 Å². The van der Waals surface area contributed by atoms with Crippen LogP contribution in [0.2, 0.25) is 10.0 Å². The molecule has 0 saturated heterocycles. The second-order valence-electron chi connectivity index (χ2n) is 8.49. The third-order valence-corrected chi connectivity index (χ3v) is 7.10. The van der Waals surface area contributed by atoms with Gasteiger partial charge in [0.1, 0.15) is 0 Å². The van der Waals surface area contributed by atoms with Crippen LogP contribution < -0.4 is 4.90 Å². The van der Waals surface area contributed by atoms with Crippen molar-refractivity contribution in [1.29, 1.82) is 0 Å². The van der Waals surface area contributed by atoms with Gasteiger partial charge >= 0.3 is 5.97 Å². The van der Waals surface area contributed by atoms with E-state index in [0.717, 1.165) is 35.2 Å². The Kier molecular flexibility index (Phi) is 5.23. The van der Waals surface area contributed by atoms with Crippen molar-refractivity contribution in [3.8, 4) is 0 Å². The Labute approximate surface area is 196 Å². The molecule has 4 nitrogen and oxygen atoms in total. The summed E-state index contributed by atoms with van der Waals surface area (Å²) in [6, 6.07) is 16.5. The molecule has 1 amide bonds. The third kappa shape index (κ3) is 3.48. The molecule has 1 fully saturated rings. The summed E-state index contributed by atoms with van der Waals surface area (Å²) in [5.74, 6) is -1.01. The first-order valence-electron chi connectivity index (χ1n) is 10.6. The fourth-order valence-electron chi connectivity index (χ4n) is 4.76. The lowest BCUT2D eigenvalue weighted by Crippen LogP contribution is -2.25. The number of nitrogens with zero attached hydrogens (tertiary/aromatic N) is 1. The van der Waals surface area contributed by atoms with Crippen LogP contribution in [0, 0.1) is 6.92 Å². The molecule has 1 aliphatic heterocycles. The minimum atomic E-state index is -1.10. The smallest absolute Gasteiger partial charge is 0.337 e. The summed E-state index contributed by atoms with van der Waals surface area (Å²) < 4.78 is 0. The Bertz CT molecular complexity index is 1270. The van der Waals surface area contributed by atoms with Crippen molar-refractivity contribution in [1.82, 2.24) is 0 Å². The summed E-state index contributed by atoms with van der Waals surface area (Å²) in [6.07, 6.45) is 2.84. The molecule has 32 heavy (non-hydrogen) atoms. The molecular weight excluding hydrogens is 445 g/mol. The topological polar surface area (TPSA) is 57.6 Å². The predicted molar refractivity (Wildman–Crippen MR) is 127 cm³/mol. The quantitative estimate of drug-likeness (QED) is 0.446. The number of aromatic carboxylic acids is 1. The van der Waals surface area contributed by atoms with Crippen LogP contribution in [0.15, 0.2) is 54.6 Å². The van der Waals surface area contributed by atoms with Gasteiger partial charge in [-0.2, -0.15) is 0 Å². The van der Waals surface area contributed by atoms with Crippen LogP contribution in [-0.4, -0.2) is 17.0 Å². The molecule has 1 saturated carbocycles. The van der Waals surface area contributed by atoms with Crippen LogP contribution in [0.5, 0.6) is 0 Å². The van der Waals surface area contributed by atoms with E-state index >= 15 is 0 Å². The zero-order valence-corrected chi connectivity index (χ0v) is 19.0. The molecule has 5 rings (SSSR count). The minimum Gasteiger partial charge on any atom is -0.478 e. The van der Waals surface area contributed by atoms with Gasteiger partial charge in [-0.25, -0.2) is 4.79 Å². The lowest BCUT2D eigenvalue weighted by atomic mass is 9.87. The van der Waals surface area contributed by atoms with Gasteiger partial charge in [-0.05, 0) is 84.7 Å². The van der Waals surface area contributed by atoms with E-state index in [4.69, 9.17) is 23.2 Å². The fraction of sp³-hybridized carbons (Fsp3) is 0.231. The van der Waals surface area contributed by atoms with Crippen molar-refractivity contribution in [3.63, 3.8) is 0 Å². The number of carboxylic acids is 1. The monoisotopic (exact) mass is 465 g/mol. The van der Waals surface area contributed by atoms with Crippen LogP contribution >= 0.6 is 23.2 Å². The van der Waals surface area contributed by atoms with Crippen LogP contribution in [-0.2, 0) is 11.2 Å². The summed E-state index contributed by atoms with van der Waals surface area (Å²) in [5.41, 5.74) is 5.68. The van der Waals surface area contributed by atoms with Crippen LogP contribution in [0.1, 0.15) is 57.3 Å². The number of hydrogen-bond donors (Lipinski definition) is 1. The van der Waals surface area contributed by atoms with Gasteiger partial charge < -0.3 is 5.11 Å². The van der Waals surface area contributed by atoms with Gasteiger partial charge in [-0.3, -0.25) is 9.69 Å².